The largest absolute Gasteiger partial charge is 0.392 e. The number of benzene rings is 1. The molecule has 0 heterocycles. The van der Waals surface area contributed by atoms with Crippen LogP contribution in [0.3, 0.4) is 0 Å². The molecule has 2 N–H and O–H groups in total. The van der Waals surface area contributed by atoms with Gasteiger partial charge in [-0.15, -0.1) is 0 Å². The van der Waals surface area contributed by atoms with Crippen molar-refractivity contribution in [3.05, 3.63) is 35.9 Å². The fourth-order valence-corrected chi connectivity index (χ4v) is 2.47. The summed E-state index contributed by atoms with van der Waals surface area (Å²) < 4.78 is 0. The Hall–Kier alpha value is -1.35. The Balaban J connectivity index is 2.08. The number of amides is 1. The second kappa shape index (κ2) is 4.64. The molecule has 2 rings (SSSR count). The van der Waals surface area contributed by atoms with Crippen molar-refractivity contribution in [3.63, 3.8) is 0 Å². The summed E-state index contributed by atoms with van der Waals surface area (Å²) in [6.07, 6.45) is 0.321. The number of aliphatic hydroxyl groups is 1. The zero-order valence-corrected chi connectivity index (χ0v) is 12.1. The van der Waals surface area contributed by atoms with Gasteiger partial charge in [0.05, 0.1) is 11.5 Å². The van der Waals surface area contributed by atoms with Crippen LogP contribution >= 0.6 is 0 Å². The molecule has 104 valence electrons. The summed E-state index contributed by atoms with van der Waals surface area (Å²) in [7, 11) is 0. The Bertz CT molecular complexity index is 465. The fourth-order valence-electron chi connectivity index (χ4n) is 2.47. The normalized spacial score (nSPS) is 25.5. The van der Waals surface area contributed by atoms with Crippen molar-refractivity contribution in [1.29, 1.82) is 0 Å². The number of aliphatic hydroxyl groups excluding tert-OH is 1. The highest BCUT2D eigenvalue weighted by molar-refractivity contribution is 5.87. The first-order valence-electron chi connectivity index (χ1n) is 6.81. The topological polar surface area (TPSA) is 49.3 Å². The van der Waals surface area contributed by atoms with Gasteiger partial charge in [-0.25, -0.2) is 0 Å². The summed E-state index contributed by atoms with van der Waals surface area (Å²) in [6.45, 7) is 7.84. The molecule has 1 aliphatic carbocycles. The molecule has 1 amide bonds. The molecule has 1 fully saturated rings. The minimum atomic E-state index is -0.558. The maximum atomic E-state index is 12.5. The van der Waals surface area contributed by atoms with E-state index < -0.39 is 5.41 Å². The lowest BCUT2D eigenvalue weighted by Crippen LogP contribution is -2.63. The number of rotatable bonds is 3. The van der Waals surface area contributed by atoms with Crippen LogP contribution in [0.5, 0.6) is 0 Å². The highest BCUT2D eigenvalue weighted by Crippen LogP contribution is 2.41. The van der Waals surface area contributed by atoms with Gasteiger partial charge in [0.2, 0.25) is 5.91 Å². The summed E-state index contributed by atoms with van der Waals surface area (Å²) in [5.41, 5.74) is 0.213. The van der Waals surface area contributed by atoms with E-state index in [4.69, 9.17) is 0 Å². The van der Waals surface area contributed by atoms with Crippen molar-refractivity contribution in [2.45, 2.75) is 51.7 Å². The number of hydrogen-bond acceptors (Lipinski definition) is 2. The average molecular weight is 261 g/mol. The third kappa shape index (κ3) is 2.39. The lowest BCUT2D eigenvalue weighted by atomic mass is 9.64. The molecule has 3 nitrogen and oxygen atoms in total. The van der Waals surface area contributed by atoms with Crippen molar-refractivity contribution in [3.8, 4) is 0 Å². The molecule has 0 aromatic heterocycles. The number of carbonyl (C=O) groups excluding carboxylic acids is 1. The molecule has 3 heteroatoms. The van der Waals surface area contributed by atoms with Gasteiger partial charge in [0.15, 0.2) is 0 Å². The fraction of sp³-hybridized carbons (Fsp3) is 0.562. The van der Waals surface area contributed by atoms with Crippen LogP contribution in [-0.4, -0.2) is 23.2 Å². The maximum absolute atomic E-state index is 12.5. The van der Waals surface area contributed by atoms with Crippen LogP contribution < -0.4 is 5.32 Å². The van der Waals surface area contributed by atoms with Gasteiger partial charge in [0.1, 0.15) is 0 Å². The van der Waals surface area contributed by atoms with Crippen molar-refractivity contribution >= 4 is 5.91 Å². The molecule has 2 unspecified atom stereocenters. The Morgan fingerprint density at radius 2 is 1.89 bits per heavy atom. The van der Waals surface area contributed by atoms with Crippen LogP contribution in [0.25, 0.3) is 0 Å². The van der Waals surface area contributed by atoms with Gasteiger partial charge < -0.3 is 10.4 Å². The SMILES string of the molecule is CC(C)(C(=O)NC1CC(O)C1(C)C)c1ccccc1. The third-order valence-corrected chi connectivity index (χ3v) is 4.58. The molecule has 19 heavy (non-hydrogen) atoms. The van der Waals surface area contributed by atoms with Crippen LogP contribution in [0.2, 0.25) is 0 Å². The molecule has 1 aromatic rings. The molecule has 0 radical (unpaired) electrons. The van der Waals surface area contributed by atoms with Crippen molar-refractivity contribution in [1.82, 2.24) is 5.32 Å². The Morgan fingerprint density at radius 3 is 2.37 bits per heavy atom. The summed E-state index contributed by atoms with van der Waals surface area (Å²) in [5.74, 6) is 0.0173. The standard InChI is InChI=1S/C16H23NO2/c1-15(2,11-8-6-5-7-9-11)14(19)17-12-10-13(18)16(12,3)4/h5-9,12-13,18H,10H2,1-4H3,(H,17,19). The second-order valence-electron chi connectivity index (χ2n) is 6.59. The quantitative estimate of drug-likeness (QED) is 0.876. The average Bonchev–Trinajstić information content (AvgIpc) is 2.39. The molecule has 0 spiro atoms. The first-order valence-corrected chi connectivity index (χ1v) is 6.81. The zero-order valence-electron chi connectivity index (χ0n) is 12.1. The van der Waals surface area contributed by atoms with Crippen molar-refractivity contribution < 1.29 is 9.90 Å². The molecule has 0 saturated heterocycles. The van der Waals surface area contributed by atoms with Gasteiger partial charge in [0, 0.05) is 11.5 Å². The van der Waals surface area contributed by atoms with E-state index in [-0.39, 0.29) is 23.5 Å². The van der Waals surface area contributed by atoms with Crippen LogP contribution in [0.15, 0.2) is 30.3 Å². The number of hydrogen-bond donors (Lipinski definition) is 2. The molecule has 1 aromatic carbocycles. The van der Waals surface area contributed by atoms with E-state index in [9.17, 15) is 9.90 Å². The van der Waals surface area contributed by atoms with Crippen LogP contribution in [0.4, 0.5) is 0 Å². The smallest absolute Gasteiger partial charge is 0.230 e. The first kappa shape index (κ1) is 14.1. The monoisotopic (exact) mass is 261 g/mol. The van der Waals surface area contributed by atoms with E-state index in [2.05, 4.69) is 5.32 Å². The van der Waals surface area contributed by atoms with E-state index in [1.165, 1.54) is 0 Å². The van der Waals surface area contributed by atoms with E-state index in [1.807, 2.05) is 58.0 Å². The summed E-state index contributed by atoms with van der Waals surface area (Å²) in [4.78, 5) is 12.5. The maximum Gasteiger partial charge on any atom is 0.230 e. The molecular formula is C16H23NO2. The minimum absolute atomic E-state index is 0.0173. The number of nitrogens with one attached hydrogen (secondary N) is 1. The van der Waals surface area contributed by atoms with Gasteiger partial charge in [-0.3, -0.25) is 4.79 Å². The lowest BCUT2D eigenvalue weighted by molar-refractivity contribution is -0.133. The summed E-state index contributed by atoms with van der Waals surface area (Å²) in [6, 6.07) is 9.84. The molecule has 1 saturated carbocycles. The van der Waals surface area contributed by atoms with Crippen LogP contribution in [0, 0.1) is 5.41 Å². The van der Waals surface area contributed by atoms with Gasteiger partial charge >= 0.3 is 0 Å². The van der Waals surface area contributed by atoms with E-state index in [0.717, 1.165) is 5.56 Å². The number of carbonyl (C=O) groups is 1. The second-order valence-corrected chi connectivity index (χ2v) is 6.59. The van der Waals surface area contributed by atoms with Gasteiger partial charge in [0.25, 0.3) is 0 Å². The molecule has 0 bridgehead atoms. The van der Waals surface area contributed by atoms with Crippen LogP contribution in [-0.2, 0) is 10.2 Å². The summed E-state index contributed by atoms with van der Waals surface area (Å²) >= 11 is 0. The predicted molar refractivity (Wildman–Crippen MR) is 75.8 cm³/mol. The Morgan fingerprint density at radius 1 is 1.32 bits per heavy atom. The van der Waals surface area contributed by atoms with Crippen molar-refractivity contribution in [2.24, 2.45) is 5.41 Å². The lowest BCUT2D eigenvalue weighted by Gasteiger charge is -2.50. The van der Waals surface area contributed by atoms with E-state index >= 15 is 0 Å². The Kier molecular flexibility index (Phi) is 3.43. The van der Waals surface area contributed by atoms with Gasteiger partial charge in [-0.1, -0.05) is 44.2 Å². The molecule has 2 atom stereocenters. The van der Waals surface area contributed by atoms with Crippen molar-refractivity contribution in [2.75, 3.05) is 0 Å². The van der Waals surface area contributed by atoms with E-state index in [1.54, 1.807) is 0 Å². The van der Waals surface area contributed by atoms with Crippen LogP contribution in [0.1, 0.15) is 39.7 Å². The predicted octanol–water partition coefficient (Wildman–Crippen LogP) is 2.24. The first-order chi connectivity index (χ1) is 8.76. The Labute approximate surface area is 115 Å². The highest BCUT2D eigenvalue weighted by atomic mass is 16.3. The van der Waals surface area contributed by atoms with Gasteiger partial charge in [-0.2, -0.15) is 0 Å². The molecule has 1 aliphatic rings. The molecular weight excluding hydrogens is 238 g/mol. The third-order valence-electron chi connectivity index (χ3n) is 4.58. The van der Waals surface area contributed by atoms with E-state index in [0.29, 0.717) is 6.42 Å². The zero-order chi connectivity index (χ0) is 14.3. The molecule has 0 aliphatic heterocycles. The minimum Gasteiger partial charge on any atom is -0.392 e. The highest BCUT2D eigenvalue weighted by Gasteiger charge is 2.49. The van der Waals surface area contributed by atoms with Gasteiger partial charge in [-0.05, 0) is 25.8 Å². The summed E-state index contributed by atoms with van der Waals surface area (Å²) in [5, 5.41) is 12.8.